The summed E-state index contributed by atoms with van der Waals surface area (Å²) in [6, 6.07) is 9.62. The summed E-state index contributed by atoms with van der Waals surface area (Å²) in [7, 11) is 1.62. The number of benzene rings is 1. The zero-order chi connectivity index (χ0) is 15.8. The molecule has 1 aromatic carbocycles. The number of carbonyl (C=O) groups excluding carboxylic acids is 1. The summed E-state index contributed by atoms with van der Waals surface area (Å²) in [6.07, 6.45) is 2.60. The van der Waals surface area contributed by atoms with Crippen molar-refractivity contribution in [1.29, 1.82) is 5.26 Å². The number of aryl methyl sites for hydroxylation is 1. The first-order valence-corrected chi connectivity index (χ1v) is 6.63. The molecule has 0 fully saturated rings. The third-order valence-corrected chi connectivity index (χ3v) is 2.94. The van der Waals surface area contributed by atoms with Crippen LogP contribution < -0.4 is 10.6 Å². The second kappa shape index (κ2) is 7.54. The van der Waals surface area contributed by atoms with Crippen molar-refractivity contribution < 1.29 is 4.79 Å². The molecule has 22 heavy (non-hydrogen) atoms. The van der Waals surface area contributed by atoms with Crippen molar-refractivity contribution >= 4 is 17.2 Å². The second-order valence-corrected chi connectivity index (χ2v) is 4.42. The molecule has 0 saturated heterocycles. The van der Waals surface area contributed by atoms with E-state index in [1.165, 1.54) is 6.20 Å². The number of tetrazole rings is 1. The van der Waals surface area contributed by atoms with Gasteiger partial charge in [-0.2, -0.15) is 10.5 Å². The molecule has 0 saturated carbocycles. The smallest absolute Gasteiger partial charge is 0.220 e. The second-order valence-electron chi connectivity index (χ2n) is 4.42. The number of amides is 1. The van der Waals surface area contributed by atoms with Crippen molar-refractivity contribution in [2.75, 3.05) is 12.4 Å². The van der Waals surface area contributed by atoms with Gasteiger partial charge in [-0.3, -0.25) is 4.79 Å². The number of aromatic nitrogens is 4. The van der Waals surface area contributed by atoms with Crippen molar-refractivity contribution in [2.24, 2.45) is 0 Å². The Bertz CT molecular complexity index is 700. The van der Waals surface area contributed by atoms with E-state index in [1.807, 2.05) is 30.3 Å². The number of rotatable bonds is 6. The highest BCUT2D eigenvalue weighted by molar-refractivity contribution is 5.76. The number of nitrogens with zero attached hydrogens (tertiary/aromatic N) is 4. The van der Waals surface area contributed by atoms with Gasteiger partial charge in [0, 0.05) is 25.4 Å². The summed E-state index contributed by atoms with van der Waals surface area (Å²) in [6.45, 7) is 0. The molecular formula is C14H15N7O. The molecule has 8 nitrogen and oxygen atoms in total. The first-order chi connectivity index (χ1) is 10.7. The van der Waals surface area contributed by atoms with Gasteiger partial charge in [-0.05, 0) is 29.3 Å². The lowest BCUT2D eigenvalue weighted by Crippen LogP contribution is -2.17. The van der Waals surface area contributed by atoms with Gasteiger partial charge in [0.05, 0.1) is 0 Å². The van der Waals surface area contributed by atoms with Crippen molar-refractivity contribution in [3.05, 3.63) is 41.9 Å². The van der Waals surface area contributed by atoms with E-state index in [1.54, 1.807) is 7.05 Å². The fourth-order valence-corrected chi connectivity index (χ4v) is 1.78. The van der Waals surface area contributed by atoms with Crippen LogP contribution in [0.3, 0.4) is 0 Å². The van der Waals surface area contributed by atoms with Gasteiger partial charge in [0.2, 0.25) is 11.7 Å². The van der Waals surface area contributed by atoms with Gasteiger partial charge < -0.3 is 10.6 Å². The number of carbonyl (C=O) groups is 1. The average Bonchev–Trinajstić information content (AvgIpc) is 3.08. The van der Waals surface area contributed by atoms with Crippen LogP contribution in [-0.4, -0.2) is 33.6 Å². The molecule has 0 bridgehead atoms. The van der Waals surface area contributed by atoms with Gasteiger partial charge in [-0.1, -0.05) is 12.1 Å². The van der Waals surface area contributed by atoms with Crippen LogP contribution in [0.4, 0.5) is 5.69 Å². The van der Waals surface area contributed by atoms with Crippen LogP contribution in [0.5, 0.6) is 0 Å². The van der Waals surface area contributed by atoms with Crippen LogP contribution in [0.1, 0.15) is 17.8 Å². The molecule has 8 heteroatoms. The molecule has 2 aromatic rings. The number of nitriles is 1. The van der Waals surface area contributed by atoms with Crippen molar-refractivity contribution in [1.82, 2.24) is 25.9 Å². The Morgan fingerprint density at radius 1 is 1.50 bits per heavy atom. The van der Waals surface area contributed by atoms with E-state index in [9.17, 15) is 4.79 Å². The van der Waals surface area contributed by atoms with E-state index in [2.05, 4.69) is 31.3 Å². The molecule has 1 aromatic heterocycles. The molecule has 112 valence electrons. The largest absolute Gasteiger partial charge is 0.360 e. The lowest BCUT2D eigenvalue weighted by molar-refractivity contribution is -0.120. The highest BCUT2D eigenvalue weighted by Crippen LogP contribution is 2.14. The van der Waals surface area contributed by atoms with Crippen LogP contribution in [-0.2, 0) is 11.2 Å². The van der Waals surface area contributed by atoms with E-state index >= 15 is 0 Å². The first kappa shape index (κ1) is 15.2. The van der Waals surface area contributed by atoms with E-state index < -0.39 is 0 Å². The summed E-state index contributed by atoms with van der Waals surface area (Å²) in [5, 5.41) is 27.9. The highest BCUT2D eigenvalue weighted by Gasteiger charge is 2.05. The van der Waals surface area contributed by atoms with E-state index in [0.29, 0.717) is 12.8 Å². The lowest BCUT2D eigenvalue weighted by Gasteiger charge is -2.05. The molecule has 0 unspecified atom stereocenters. The third kappa shape index (κ3) is 4.14. The number of allylic oxidation sites excluding steroid dienone is 1. The monoisotopic (exact) mass is 297 g/mol. The molecule has 0 aliphatic heterocycles. The summed E-state index contributed by atoms with van der Waals surface area (Å²) >= 11 is 0. The normalized spacial score (nSPS) is 10.8. The Balaban J connectivity index is 2.04. The van der Waals surface area contributed by atoms with Crippen molar-refractivity contribution in [3.8, 4) is 6.07 Å². The maximum absolute atomic E-state index is 11.3. The Morgan fingerprint density at radius 3 is 3.05 bits per heavy atom. The number of aromatic amines is 1. The molecule has 0 aliphatic rings. The molecule has 0 aliphatic carbocycles. The number of hydrogen-bond donors (Lipinski definition) is 3. The Labute approximate surface area is 127 Å². The zero-order valence-corrected chi connectivity index (χ0v) is 12.0. The molecule has 0 radical (unpaired) electrons. The molecule has 2 rings (SSSR count). The fourth-order valence-electron chi connectivity index (χ4n) is 1.78. The maximum Gasteiger partial charge on any atom is 0.220 e. The van der Waals surface area contributed by atoms with Crippen LogP contribution in [0.25, 0.3) is 5.57 Å². The summed E-state index contributed by atoms with van der Waals surface area (Å²) in [5.74, 6) is 0.230. The van der Waals surface area contributed by atoms with E-state index in [-0.39, 0.29) is 17.3 Å². The van der Waals surface area contributed by atoms with Gasteiger partial charge >= 0.3 is 0 Å². The molecule has 0 spiro atoms. The summed E-state index contributed by atoms with van der Waals surface area (Å²) < 4.78 is 0. The van der Waals surface area contributed by atoms with E-state index in [0.717, 1.165) is 11.3 Å². The topological polar surface area (TPSA) is 119 Å². The summed E-state index contributed by atoms with van der Waals surface area (Å²) in [5.41, 5.74) is 2.11. The Hall–Kier alpha value is -3.21. The quantitative estimate of drug-likeness (QED) is 0.680. The minimum atomic E-state index is 0.00197. The summed E-state index contributed by atoms with van der Waals surface area (Å²) in [4.78, 5) is 11.3. The third-order valence-electron chi connectivity index (χ3n) is 2.94. The fraction of sp³-hybridized carbons (Fsp3) is 0.214. The maximum atomic E-state index is 11.3. The number of hydrogen-bond acceptors (Lipinski definition) is 6. The van der Waals surface area contributed by atoms with Crippen LogP contribution in [0.15, 0.2) is 30.5 Å². The number of H-pyrrole nitrogens is 1. The SMILES string of the molecule is CNC(=O)CCc1cccc(NC=C(C#N)c2nn[nH]n2)c1. The van der Waals surface area contributed by atoms with Crippen molar-refractivity contribution in [3.63, 3.8) is 0 Å². The van der Waals surface area contributed by atoms with Crippen LogP contribution in [0, 0.1) is 11.3 Å². The average molecular weight is 297 g/mol. The Kier molecular flexibility index (Phi) is 5.20. The van der Waals surface area contributed by atoms with Crippen LogP contribution in [0.2, 0.25) is 0 Å². The molecule has 0 atom stereocenters. The van der Waals surface area contributed by atoms with Gasteiger partial charge in [0.1, 0.15) is 11.6 Å². The highest BCUT2D eigenvalue weighted by atomic mass is 16.1. The molecular weight excluding hydrogens is 282 g/mol. The first-order valence-electron chi connectivity index (χ1n) is 6.63. The number of nitrogens with one attached hydrogen (secondary N) is 3. The predicted octanol–water partition coefficient (Wildman–Crippen LogP) is 0.855. The number of anilines is 1. The molecule has 1 amide bonds. The Morgan fingerprint density at radius 2 is 2.36 bits per heavy atom. The van der Waals surface area contributed by atoms with Gasteiger partial charge in [0.25, 0.3) is 0 Å². The molecule has 1 heterocycles. The van der Waals surface area contributed by atoms with Gasteiger partial charge in [-0.25, -0.2) is 0 Å². The van der Waals surface area contributed by atoms with Gasteiger partial charge in [0.15, 0.2) is 0 Å². The zero-order valence-electron chi connectivity index (χ0n) is 12.0. The minimum absolute atomic E-state index is 0.00197. The van der Waals surface area contributed by atoms with E-state index in [4.69, 9.17) is 5.26 Å². The minimum Gasteiger partial charge on any atom is -0.360 e. The molecule has 3 N–H and O–H groups in total. The lowest BCUT2D eigenvalue weighted by atomic mass is 10.1. The standard InChI is InChI=1S/C14H15N7O/c1-16-13(22)6-5-10-3-2-4-12(7-10)17-9-11(8-15)14-18-20-21-19-14/h2-4,7,9,17H,5-6H2,1H3,(H,16,22)(H,18,19,20,21). The van der Waals surface area contributed by atoms with Crippen LogP contribution >= 0.6 is 0 Å². The predicted molar refractivity (Wildman–Crippen MR) is 80.2 cm³/mol. The van der Waals surface area contributed by atoms with Gasteiger partial charge in [-0.15, -0.1) is 10.2 Å². The van der Waals surface area contributed by atoms with Crippen molar-refractivity contribution in [2.45, 2.75) is 12.8 Å².